The maximum Gasteiger partial charge on any atom is 0.194 e. The number of hydrogen-bond acceptors (Lipinski definition) is 8. The molecule has 0 saturated heterocycles. The molecule has 0 amide bonds. The van der Waals surface area contributed by atoms with Crippen LogP contribution in [0.15, 0.2) is 41.7 Å². The van der Waals surface area contributed by atoms with Gasteiger partial charge in [-0.2, -0.15) is 0 Å². The summed E-state index contributed by atoms with van der Waals surface area (Å²) in [5.74, 6) is -4.44. The predicted octanol–water partition coefficient (Wildman–Crippen LogP) is 1.66. The summed E-state index contributed by atoms with van der Waals surface area (Å²) < 4.78 is 60.1. The summed E-state index contributed by atoms with van der Waals surface area (Å²) in [4.78, 5) is 3.97. The highest BCUT2D eigenvalue weighted by atomic mass is 35.5. The number of benzene rings is 1. The highest BCUT2D eigenvalue weighted by Gasteiger charge is 2.33. The number of aromatic nitrogens is 4. The number of ether oxygens (including phenoxy) is 1. The molecule has 0 bridgehead atoms. The van der Waals surface area contributed by atoms with Gasteiger partial charge in [-0.05, 0) is 25.1 Å². The monoisotopic (exact) mass is 520 g/mol. The molecule has 3 aromatic rings. The summed E-state index contributed by atoms with van der Waals surface area (Å²) in [5, 5.41) is 37.8. The van der Waals surface area contributed by atoms with Gasteiger partial charge in [-0.3, -0.25) is 9.19 Å². The number of aliphatic hydroxyl groups is 3. The lowest BCUT2D eigenvalue weighted by Gasteiger charge is -2.28. The Hall–Kier alpha value is -2.42. The van der Waals surface area contributed by atoms with Crippen LogP contribution in [0.4, 0.5) is 13.2 Å². The molecular formula is C20H20ClF3N4O5S. The van der Waals surface area contributed by atoms with E-state index in [9.17, 15) is 32.7 Å². The smallest absolute Gasteiger partial charge is 0.194 e. The molecule has 2 aromatic heterocycles. The Morgan fingerprint density at radius 3 is 2.44 bits per heavy atom. The van der Waals surface area contributed by atoms with Crippen LogP contribution in [-0.2, 0) is 22.1 Å². The standard InChI is InChI=1S/C20H20ClF3N4O5S/c1-10(30)18(9-29)33-20(34(32)13-4-12(21)5-25-6-13)17(31)8-28-7-16(26-27-28)11-2-14(22)19(24)15(23)3-11/h2-7,10,17-18,20,29-31H,8-9H2,1H3/t10-,17+,18?,20?,34?/m1/s1. The number of halogens is 4. The highest BCUT2D eigenvalue weighted by Crippen LogP contribution is 2.23. The van der Waals surface area contributed by atoms with Crippen LogP contribution in [-0.4, -0.2) is 69.9 Å². The average molecular weight is 521 g/mol. The van der Waals surface area contributed by atoms with Crippen molar-refractivity contribution in [2.24, 2.45) is 0 Å². The topological polar surface area (TPSA) is 131 Å². The van der Waals surface area contributed by atoms with Crippen molar-refractivity contribution in [3.05, 3.63) is 59.3 Å². The van der Waals surface area contributed by atoms with E-state index < -0.39 is 58.6 Å². The quantitative estimate of drug-likeness (QED) is 0.344. The van der Waals surface area contributed by atoms with Crippen LogP contribution in [0.25, 0.3) is 11.3 Å². The van der Waals surface area contributed by atoms with E-state index in [2.05, 4.69) is 15.3 Å². The molecule has 3 unspecified atom stereocenters. The molecule has 14 heteroatoms. The number of pyridine rings is 1. The number of aliphatic hydroxyl groups excluding tert-OH is 3. The lowest BCUT2D eigenvalue weighted by atomic mass is 10.1. The van der Waals surface area contributed by atoms with Crippen LogP contribution in [0.2, 0.25) is 5.02 Å². The normalized spacial score (nSPS) is 16.1. The largest absolute Gasteiger partial charge is 0.394 e. The van der Waals surface area contributed by atoms with Gasteiger partial charge in [0.05, 0.1) is 46.2 Å². The Bertz CT molecular complexity index is 1150. The molecule has 184 valence electrons. The molecule has 0 spiro atoms. The maximum absolute atomic E-state index is 13.5. The number of hydrogen-bond donors (Lipinski definition) is 3. The van der Waals surface area contributed by atoms with Crippen molar-refractivity contribution in [1.82, 2.24) is 20.0 Å². The summed E-state index contributed by atoms with van der Waals surface area (Å²) in [6, 6.07) is 2.84. The first-order chi connectivity index (χ1) is 16.1. The third kappa shape index (κ3) is 6.17. The van der Waals surface area contributed by atoms with Crippen molar-refractivity contribution in [3.8, 4) is 11.3 Å². The summed E-state index contributed by atoms with van der Waals surface area (Å²) in [6.45, 7) is 0.376. The lowest BCUT2D eigenvalue weighted by molar-refractivity contribution is -0.0988. The fourth-order valence-electron chi connectivity index (χ4n) is 2.90. The third-order valence-electron chi connectivity index (χ3n) is 4.66. The molecule has 34 heavy (non-hydrogen) atoms. The Labute approximate surface area is 199 Å². The maximum atomic E-state index is 13.5. The van der Waals surface area contributed by atoms with Gasteiger partial charge < -0.3 is 20.1 Å². The summed E-state index contributed by atoms with van der Waals surface area (Å²) >= 11 is 5.90. The van der Waals surface area contributed by atoms with Crippen LogP contribution < -0.4 is 0 Å². The fraction of sp³-hybridized carbons (Fsp3) is 0.350. The van der Waals surface area contributed by atoms with Crippen LogP contribution in [0.1, 0.15) is 6.92 Å². The van der Waals surface area contributed by atoms with Crippen molar-refractivity contribution in [3.63, 3.8) is 0 Å². The first-order valence-electron chi connectivity index (χ1n) is 9.79. The van der Waals surface area contributed by atoms with E-state index in [-0.39, 0.29) is 27.7 Å². The van der Waals surface area contributed by atoms with E-state index in [0.29, 0.717) is 0 Å². The molecule has 2 heterocycles. The molecule has 3 N–H and O–H groups in total. The van der Waals surface area contributed by atoms with Crippen molar-refractivity contribution in [1.29, 1.82) is 0 Å². The zero-order chi connectivity index (χ0) is 25.0. The van der Waals surface area contributed by atoms with E-state index in [0.717, 1.165) is 16.8 Å². The zero-order valence-electron chi connectivity index (χ0n) is 17.6. The Morgan fingerprint density at radius 1 is 1.18 bits per heavy atom. The molecule has 0 aliphatic heterocycles. The zero-order valence-corrected chi connectivity index (χ0v) is 19.1. The van der Waals surface area contributed by atoms with E-state index >= 15 is 0 Å². The molecular weight excluding hydrogens is 501 g/mol. The van der Waals surface area contributed by atoms with Crippen molar-refractivity contribution >= 4 is 22.4 Å². The van der Waals surface area contributed by atoms with Crippen LogP contribution >= 0.6 is 11.6 Å². The molecule has 0 radical (unpaired) electrons. The molecule has 0 fully saturated rings. The number of rotatable bonds is 10. The predicted molar refractivity (Wildman–Crippen MR) is 114 cm³/mol. The van der Waals surface area contributed by atoms with Gasteiger partial charge in [0.2, 0.25) is 0 Å². The van der Waals surface area contributed by atoms with Gasteiger partial charge in [-0.15, -0.1) is 5.10 Å². The molecule has 0 aliphatic carbocycles. The van der Waals surface area contributed by atoms with Gasteiger partial charge in [-0.25, -0.2) is 17.9 Å². The lowest BCUT2D eigenvalue weighted by Crippen LogP contribution is -2.43. The van der Waals surface area contributed by atoms with Gasteiger partial charge in [-0.1, -0.05) is 16.8 Å². The van der Waals surface area contributed by atoms with E-state index in [1.807, 2.05) is 0 Å². The van der Waals surface area contributed by atoms with Gasteiger partial charge in [0, 0.05) is 18.0 Å². The minimum atomic E-state index is -2.06. The van der Waals surface area contributed by atoms with E-state index in [1.54, 1.807) is 0 Å². The summed E-state index contributed by atoms with van der Waals surface area (Å²) in [5.41, 5.74) is -1.58. The van der Waals surface area contributed by atoms with Crippen LogP contribution in [0.5, 0.6) is 0 Å². The first kappa shape index (κ1) is 26.2. The Kier molecular flexibility index (Phi) is 8.73. The molecule has 0 aliphatic rings. The van der Waals surface area contributed by atoms with Crippen molar-refractivity contribution < 1.29 is 37.4 Å². The highest BCUT2D eigenvalue weighted by molar-refractivity contribution is 7.85. The second-order valence-corrected chi connectivity index (χ2v) is 9.22. The van der Waals surface area contributed by atoms with E-state index in [1.165, 1.54) is 31.6 Å². The second-order valence-electron chi connectivity index (χ2n) is 7.25. The molecule has 5 atom stereocenters. The van der Waals surface area contributed by atoms with Crippen molar-refractivity contribution in [2.75, 3.05) is 6.61 Å². The first-order valence-corrected chi connectivity index (χ1v) is 11.4. The average Bonchev–Trinajstić information content (AvgIpc) is 3.25. The SMILES string of the molecule is C[C@@H](O)C(CO)OC([C@@H](O)Cn1cc(-c2cc(F)c(F)c(F)c2)nn1)S(=O)c1cncc(Cl)c1. The molecule has 3 rings (SSSR count). The van der Waals surface area contributed by atoms with Gasteiger partial charge in [0.1, 0.15) is 17.9 Å². The van der Waals surface area contributed by atoms with Crippen LogP contribution in [0, 0.1) is 17.5 Å². The van der Waals surface area contributed by atoms with Crippen LogP contribution in [0.3, 0.4) is 0 Å². The second kappa shape index (κ2) is 11.3. The van der Waals surface area contributed by atoms with Gasteiger partial charge in [0.25, 0.3) is 0 Å². The van der Waals surface area contributed by atoms with Gasteiger partial charge >= 0.3 is 0 Å². The fourth-order valence-corrected chi connectivity index (χ4v) is 4.43. The Morgan fingerprint density at radius 2 is 1.85 bits per heavy atom. The van der Waals surface area contributed by atoms with Crippen molar-refractivity contribution in [2.45, 2.75) is 42.1 Å². The molecule has 9 nitrogen and oxygen atoms in total. The summed E-state index contributed by atoms with van der Waals surface area (Å²) in [7, 11) is -2.06. The molecule has 0 saturated carbocycles. The summed E-state index contributed by atoms with van der Waals surface area (Å²) in [6.07, 6.45) is -0.0496. The van der Waals surface area contributed by atoms with Gasteiger partial charge in [0.15, 0.2) is 22.9 Å². The Balaban J connectivity index is 1.85. The number of nitrogens with zero attached hydrogens (tertiary/aromatic N) is 4. The minimum absolute atomic E-state index is 0.0140. The third-order valence-corrected chi connectivity index (χ3v) is 6.40. The van der Waals surface area contributed by atoms with E-state index in [4.69, 9.17) is 16.3 Å². The molecule has 1 aromatic carbocycles. The minimum Gasteiger partial charge on any atom is -0.394 e.